The number of aryl methyl sites for hydroxylation is 2. The van der Waals surface area contributed by atoms with Crippen LogP contribution in [0.5, 0.6) is 5.75 Å². The summed E-state index contributed by atoms with van der Waals surface area (Å²) >= 11 is 0. The first-order chi connectivity index (χ1) is 10.7. The van der Waals surface area contributed by atoms with E-state index in [1.165, 1.54) is 36.8 Å². The van der Waals surface area contributed by atoms with E-state index in [4.69, 9.17) is 4.74 Å². The third-order valence-corrected chi connectivity index (χ3v) is 3.96. The molecule has 0 aromatic heterocycles. The van der Waals surface area contributed by atoms with Crippen LogP contribution in [-0.4, -0.2) is 13.0 Å². The topological polar surface area (TPSA) is 38.3 Å². The number of carbonyl (C=O) groups is 1. The third-order valence-electron chi connectivity index (χ3n) is 3.96. The highest BCUT2D eigenvalue weighted by atomic mass is 19.1. The molecule has 0 fully saturated rings. The molecule has 1 aliphatic rings. The molecule has 1 amide bonds. The fourth-order valence-electron chi connectivity index (χ4n) is 2.86. The van der Waals surface area contributed by atoms with Crippen LogP contribution in [0.25, 0.3) is 0 Å². The van der Waals surface area contributed by atoms with E-state index in [9.17, 15) is 9.18 Å². The summed E-state index contributed by atoms with van der Waals surface area (Å²) in [5.74, 6) is -0.421. The average Bonchev–Trinajstić information content (AvgIpc) is 2.95. The number of halogens is 1. The maximum atomic E-state index is 13.6. The van der Waals surface area contributed by atoms with Gasteiger partial charge in [0.05, 0.1) is 13.5 Å². The van der Waals surface area contributed by atoms with E-state index in [1.54, 1.807) is 6.07 Å². The highest BCUT2D eigenvalue weighted by Crippen LogP contribution is 2.25. The molecule has 114 valence electrons. The molecule has 4 heteroatoms. The van der Waals surface area contributed by atoms with E-state index >= 15 is 0 Å². The molecule has 0 radical (unpaired) electrons. The van der Waals surface area contributed by atoms with Gasteiger partial charge in [0.2, 0.25) is 5.91 Å². The minimum Gasteiger partial charge on any atom is -0.494 e. The lowest BCUT2D eigenvalue weighted by Crippen LogP contribution is -2.14. The Kier molecular flexibility index (Phi) is 4.09. The number of rotatable bonds is 4. The minimum absolute atomic E-state index is 0.137. The molecule has 0 saturated carbocycles. The van der Waals surface area contributed by atoms with Crippen molar-refractivity contribution >= 4 is 11.6 Å². The predicted octanol–water partition coefficient (Wildman–Crippen LogP) is 3.50. The Morgan fingerprint density at radius 1 is 1.18 bits per heavy atom. The quantitative estimate of drug-likeness (QED) is 0.938. The molecule has 0 spiro atoms. The van der Waals surface area contributed by atoms with Gasteiger partial charge in [-0.15, -0.1) is 0 Å². The van der Waals surface area contributed by atoms with Crippen LogP contribution in [0.1, 0.15) is 23.1 Å². The van der Waals surface area contributed by atoms with Crippen molar-refractivity contribution in [2.45, 2.75) is 25.7 Å². The summed E-state index contributed by atoms with van der Waals surface area (Å²) in [5.41, 5.74) is 4.11. The van der Waals surface area contributed by atoms with Gasteiger partial charge in [-0.25, -0.2) is 4.39 Å². The Morgan fingerprint density at radius 2 is 2.00 bits per heavy atom. The molecule has 0 saturated heterocycles. The highest BCUT2D eigenvalue weighted by molar-refractivity contribution is 5.92. The second-order valence-corrected chi connectivity index (χ2v) is 5.53. The number of anilines is 1. The highest BCUT2D eigenvalue weighted by Gasteiger charge is 2.12. The van der Waals surface area contributed by atoms with Gasteiger partial charge in [0.15, 0.2) is 11.6 Å². The summed E-state index contributed by atoms with van der Waals surface area (Å²) in [6.07, 6.45) is 3.51. The largest absolute Gasteiger partial charge is 0.494 e. The molecular formula is C18H18FNO2. The second kappa shape index (κ2) is 6.18. The summed E-state index contributed by atoms with van der Waals surface area (Å²) < 4.78 is 18.5. The molecule has 3 nitrogen and oxygen atoms in total. The Bertz CT molecular complexity index is 712. The summed E-state index contributed by atoms with van der Waals surface area (Å²) in [6.45, 7) is 0. The Balaban J connectivity index is 1.66. The average molecular weight is 299 g/mol. The monoisotopic (exact) mass is 299 g/mol. The third kappa shape index (κ3) is 3.11. The molecule has 2 aromatic carbocycles. The molecule has 2 aromatic rings. The van der Waals surface area contributed by atoms with E-state index in [-0.39, 0.29) is 18.1 Å². The van der Waals surface area contributed by atoms with Gasteiger partial charge in [-0.1, -0.05) is 12.1 Å². The molecular weight excluding hydrogens is 281 g/mol. The van der Waals surface area contributed by atoms with E-state index < -0.39 is 5.82 Å². The van der Waals surface area contributed by atoms with Gasteiger partial charge in [-0.3, -0.25) is 4.79 Å². The number of ether oxygens (including phenoxy) is 1. The van der Waals surface area contributed by atoms with Crippen LogP contribution in [-0.2, 0) is 24.1 Å². The number of amides is 1. The van der Waals surface area contributed by atoms with Crippen LogP contribution in [0.3, 0.4) is 0 Å². The van der Waals surface area contributed by atoms with Crippen LogP contribution in [0.15, 0.2) is 36.4 Å². The lowest BCUT2D eigenvalue weighted by atomic mass is 10.1. The van der Waals surface area contributed by atoms with Crippen molar-refractivity contribution in [3.63, 3.8) is 0 Å². The normalized spacial score (nSPS) is 12.8. The zero-order valence-electron chi connectivity index (χ0n) is 12.5. The number of hydrogen-bond donors (Lipinski definition) is 1. The van der Waals surface area contributed by atoms with Crippen LogP contribution in [0, 0.1) is 5.82 Å². The first-order valence-corrected chi connectivity index (χ1v) is 7.40. The van der Waals surface area contributed by atoms with E-state index in [2.05, 4.69) is 11.4 Å². The number of benzene rings is 2. The van der Waals surface area contributed by atoms with Gasteiger partial charge in [-0.2, -0.15) is 0 Å². The molecule has 3 rings (SSSR count). The SMILES string of the molecule is COc1ccc(CC(=O)Nc2ccc3c(c2)CCC3)cc1F. The number of hydrogen-bond acceptors (Lipinski definition) is 2. The Hall–Kier alpha value is -2.36. The number of nitrogens with one attached hydrogen (secondary N) is 1. The number of fused-ring (bicyclic) bond motifs is 1. The summed E-state index contributed by atoms with van der Waals surface area (Å²) in [6, 6.07) is 10.6. The predicted molar refractivity (Wildman–Crippen MR) is 83.8 cm³/mol. The molecule has 0 atom stereocenters. The minimum atomic E-state index is -0.453. The lowest BCUT2D eigenvalue weighted by molar-refractivity contribution is -0.115. The zero-order chi connectivity index (χ0) is 15.5. The van der Waals surface area contributed by atoms with Gasteiger partial charge in [0, 0.05) is 5.69 Å². The van der Waals surface area contributed by atoms with Gasteiger partial charge >= 0.3 is 0 Å². The fraction of sp³-hybridized carbons (Fsp3) is 0.278. The Morgan fingerprint density at radius 3 is 2.77 bits per heavy atom. The van der Waals surface area contributed by atoms with E-state index in [1.807, 2.05) is 12.1 Å². The maximum absolute atomic E-state index is 13.6. The van der Waals surface area contributed by atoms with Crippen molar-refractivity contribution in [3.8, 4) is 5.75 Å². The molecule has 0 unspecified atom stereocenters. The lowest BCUT2D eigenvalue weighted by Gasteiger charge is -2.08. The summed E-state index contributed by atoms with van der Waals surface area (Å²) in [7, 11) is 1.42. The Labute approximate surface area is 129 Å². The maximum Gasteiger partial charge on any atom is 0.228 e. The van der Waals surface area contributed by atoms with Crippen molar-refractivity contribution in [2.75, 3.05) is 12.4 Å². The zero-order valence-corrected chi connectivity index (χ0v) is 12.5. The molecule has 22 heavy (non-hydrogen) atoms. The molecule has 0 heterocycles. The van der Waals surface area contributed by atoms with Crippen molar-refractivity contribution < 1.29 is 13.9 Å². The number of carbonyl (C=O) groups excluding carboxylic acids is 1. The van der Waals surface area contributed by atoms with Crippen LogP contribution < -0.4 is 10.1 Å². The smallest absolute Gasteiger partial charge is 0.228 e. The van der Waals surface area contributed by atoms with E-state index in [0.29, 0.717) is 5.56 Å². The molecule has 1 N–H and O–H groups in total. The molecule has 0 bridgehead atoms. The van der Waals surface area contributed by atoms with Crippen LogP contribution in [0.2, 0.25) is 0 Å². The van der Waals surface area contributed by atoms with Gasteiger partial charge in [-0.05, 0) is 60.2 Å². The summed E-state index contributed by atoms with van der Waals surface area (Å²) in [5, 5.41) is 2.88. The molecule has 1 aliphatic carbocycles. The first-order valence-electron chi connectivity index (χ1n) is 7.40. The van der Waals surface area contributed by atoms with Gasteiger partial charge in [0.1, 0.15) is 0 Å². The van der Waals surface area contributed by atoms with Crippen LogP contribution >= 0.6 is 0 Å². The summed E-state index contributed by atoms with van der Waals surface area (Å²) in [4.78, 5) is 12.1. The fourth-order valence-corrected chi connectivity index (χ4v) is 2.86. The number of methoxy groups -OCH3 is 1. The van der Waals surface area contributed by atoms with Gasteiger partial charge < -0.3 is 10.1 Å². The standard InChI is InChI=1S/C18H18FNO2/c1-22-17-8-5-12(9-16(17)19)10-18(21)20-15-7-6-13-3-2-4-14(13)11-15/h5-9,11H,2-4,10H2,1H3,(H,20,21). The van der Waals surface area contributed by atoms with Crippen molar-refractivity contribution in [1.29, 1.82) is 0 Å². The van der Waals surface area contributed by atoms with Gasteiger partial charge in [0.25, 0.3) is 0 Å². The second-order valence-electron chi connectivity index (χ2n) is 5.53. The van der Waals surface area contributed by atoms with Crippen molar-refractivity contribution in [1.82, 2.24) is 0 Å². The van der Waals surface area contributed by atoms with Crippen molar-refractivity contribution in [2.24, 2.45) is 0 Å². The van der Waals surface area contributed by atoms with Crippen molar-refractivity contribution in [3.05, 3.63) is 58.9 Å². The van der Waals surface area contributed by atoms with Crippen LogP contribution in [0.4, 0.5) is 10.1 Å². The first kappa shape index (κ1) is 14.6. The molecule has 0 aliphatic heterocycles. The van der Waals surface area contributed by atoms with E-state index in [0.717, 1.165) is 18.5 Å².